The van der Waals surface area contributed by atoms with E-state index in [9.17, 15) is 9.59 Å². The molecule has 0 aliphatic rings. The SMILES string of the molecule is CCCCCCCCCCCCCCCC(=O)NCC(=O)c1ccc(OCc2ccccc2)cc1. The molecule has 4 heteroatoms. The van der Waals surface area contributed by atoms with E-state index in [1.807, 2.05) is 30.3 Å². The van der Waals surface area contributed by atoms with Gasteiger partial charge in [0.25, 0.3) is 0 Å². The van der Waals surface area contributed by atoms with Crippen LogP contribution in [0.1, 0.15) is 113 Å². The number of Topliss-reactive ketones (excluding diaryl/α,β-unsaturated/α-hetero) is 1. The fraction of sp³-hybridized carbons (Fsp3) is 0.548. The second-order valence-corrected chi connectivity index (χ2v) is 9.49. The van der Waals surface area contributed by atoms with Gasteiger partial charge >= 0.3 is 0 Å². The average Bonchev–Trinajstić information content (AvgIpc) is 2.89. The van der Waals surface area contributed by atoms with E-state index in [0.29, 0.717) is 18.6 Å². The van der Waals surface area contributed by atoms with Crippen molar-refractivity contribution in [1.29, 1.82) is 0 Å². The molecule has 2 rings (SSSR count). The molecule has 0 bridgehead atoms. The first kappa shape index (κ1) is 28.6. The second-order valence-electron chi connectivity index (χ2n) is 9.49. The maximum absolute atomic E-state index is 12.4. The molecule has 0 atom stereocenters. The Bertz CT molecular complexity index is 817. The van der Waals surface area contributed by atoms with Crippen LogP contribution in [0.15, 0.2) is 54.6 Å². The zero-order valence-corrected chi connectivity index (χ0v) is 21.7. The molecule has 0 aromatic heterocycles. The molecule has 0 unspecified atom stereocenters. The van der Waals surface area contributed by atoms with E-state index < -0.39 is 0 Å². The first-order valence-electron chi connectivity index (χ1n) is 13.8. The fourth-order valence-electron chi connectivity index (χ4n) is 4.15. The fourth-order valence-corrected chi connectivity index (χ4v) is 4.15. The van der Waals surface area contributed by atoms with E-state index in [1.165, 1.54) is 70.6 Å². The van der Waals surface area contributed by atoms with Gasteiger partial charge in [0, 0.05) is 12.0 Å². The molecular formula is C31H45NO3. The number of benzene rings is 2. The van der Waals surface area contributed by atoms with Gasteiger partial charge < -0.3 is 10.1 Å². The van der Waals surface area contributed by atoms with Gasteiger partial charge in [-0.3, -0.25) is 9.59 Å². The summed E-state index contributed by atoms with van der Waals surface area (Å²) in [4.78, 5) is 24.4. The predicted octanol–water partition coefficient (Wildman–Crippen LogP) is 8.05. The molecule has 0 aliphatic carbocycles. The van der Waals surface area contributed by atoms with Gasteiger partial charge in [0.05, 0.1) is 6.54 Å². The topological polar surface area (TPSA) is 55.4 Å². The highest BCUT2D eigenvalue weighted by Crippen LogP contribution is 2.15. The molecule has 0 radical (unpaired) electrons. The maximum atomic E-state index is 12.4. The van der Waals surface area contributed by atoms with Gasteiger partial charge in [-0.15, -0.1) is 0 Å². The number of hydrogen-bond acceptors (Lipinski definition) is 3. The Labute approximate surface area is 212 Å². The van der Waals surface area contributed by atoms with Crippen LogP contribution in [0.3, 0.4) is 0 Å². The van der Waals surface area contributed by atoms with Crippen LogP contribution in [0.4, 0.5) is 0 Å². The molecule has 0 heterocycles. The Morgan fingerprint density at radius 3 is 1.80 bits per heavy atom. The van der Waals surface area contributed by atoms with Crippen LogP contribution in [0, 0.1) is 0 Å². The lowest BCUT2D eigenvalue weighted by Gasteiger charge is -2.08. The van der Waals surface area contributed by atoms with Crippen molar-refractivity contribution in [2.75, 3.05) is 6.54 Å². The van der Waals surface area contributed by atoms with Gasteiger partial charge in [0.15, 0.2) is 5.78 Å². The molecule has 2 aromatic carbocycles. The molecule has 192 valence electrons. The third kappa shape index (κ3) is 13.8. The molecule has 0 fully saturated rings. The van der Waals surface area contributed by atoms with Gasteiger partial charge in [-0.2, -0.15) is 0 Å². The summed E-state index contributed by atoms with van der Waals surface area (Å²) in [6, 6.07) is 17.1. The molecule has 2 aromatic rings. The predicted molar refractivity (Wildman–Crippen MR) is 145 cm³/mol. The van der Waals surface area contributed by atoms with Crippen LogP contribution in [-0.4, -0.2) is 18.2 Å². The highest BCUT2D eigenvalue weighted by Gasteiger charge is 2.09. The third-order valence-corrected chi connectivity index (χ3v) is 6.38. The van der Waals surface area contributed by atoms with Crippen LogP contribution in [0.5, 0.6) is 5.75 Å². The van der Waals surface area contributed by atoms with E-state index in [1.54, 1.807) is 24.3 Å². The minimum atomic E-state index is -0.0849. The van der Waals surface area contributed by atoms with Crippen molar-refractivity contribution >= 4 is 11.7 Å². The Kier molecular flexibility index (Phi) is 15.3. The van der Waals surface area contributed by atoms with Crippen LogP contribution < -0.4 is 10.1 Å². The average molecular weight is 480 g/mol. The molecule has 1 N–H and O–H groups in total. The molecule has 0 saturated carbocycles. The van der Waals surface area contributed by atoms with E-state index in [4.69, 9.17) is 4.74 Å². The Morgan fingerprint density at radius 2 is 1.23 bits per heavy atom. The number of hydrogen-bond donors (Lipinski definition) is 1. The van der Waals surface area contributed by atoms with Gasteiger partial charge in [-0.25, -0.2) is 0 Å². The van der Waals surface area contributed by atoms with Crippen molar-refractivity contribution < 1.29 is 14.3 Å². The lowest BCUT2D eigenvalue weighted by molar-refractivity contribution is -0.121. The van der Waals surface area contributed by atoms with Crippen LogP contribution in [-0.2, 0) is 11.4 Å². The van der Waals surface area contributed by atoms with Crippen LogP contribution >= 0.6 is 0 Å². The zero-order valence-electron chi connectivity index (χ0n) is 21.7. The summed E-state index contributed by atoms with van der Waals surface area (Å²) >= 11 is 0. The number of carbonyl (C=O) groups excluding carboxylic acids is 2. The summed E-state index contributed by atoms with van der Waals surface area (Å²) in [6.07, 6.45) is 17.2. The molecule has 35 heavy (non-hydrogen) atoms. The lowest BCUT2D eigenvalue weighted by atomic mass is 10.0. The minimum absolute atomic E-state index is 0.0377. The van der Waals surface area contributed by atoms with E-state index >= 15 is 0 Å². The Hall–Kier alpha value is -2.62. The summed E-state index contributed by atoms with van der Waals surface area (Å²) in [7, 11) is 0. The number of nitrogens with one attached hydrogen (secondary N) is 1. The first-order chi connectivity index (χ1) is 17.2. The molecule has 0 saturated heterocycles. The van der Waals surface area contributed by atoms with Gasteiger partial charge in [-0.05, 0) is 36.2 Å². The largest absolute Gasteiger partial charge is 0.489 e. The zero-order chi connectivity index (χ0) is 25.0. The second kappa shape index (κ2) is 18.7. The molecule has 0 aliphatic heterocycles. The molecular weight excluding hydrogens is 434 g/mol. The van der Waals surface area contributed by atoms with Gasteiger partial charge in [0.1, 0.15) is 12.4 Å². The van der Waals surface area contributed by atoms with Crippen molar-refractivity contribution in [3.05, 3.63) is 65.7 Å². The molecule has 1 amide bonds. The lowest BCUT2D eigenvalue weighted by Crippen LogP contribution is -2.29. The first-order valence-corrected chi connectivity index (χ1v) is 13.8. The van der Waals surface area contributed by atoms with Crippen molar-refractivity contribution in [3.8, 4) is 5.75 Å². The summed E-state index contributed by atoms with van der Waals surface area (Å²) in [5, 5.41) is 2.77. The van der Waals surface area contributed by atoms with E-state index in [-0.39, 0.29) is 18.2 Å². The Balaban J connectivity index is 1.46. The van der Waals surface area contributed by atoms with Crippen LogP contribution in [0.2, 0.25) is 0 Å². The quantitative estimate of drug-likeness (QED) is 0.154. The van der Waals surface area contributed by atoms with Crippen LogP contribution in [0.25, 0.3) is 0 Å². The van der Waals surface area contributed by atoms with E-state index in [0.717, 1.165) is 24.2 Å². The van der Waals surface area contributed by atoms with Gasteiger partial charge in [0.2, 0.25) is 5.91 Å². The van der Waals surface area contributed by atoms with Crippen molar-refractivity contribution in [2.24, 2.45) is 0 Å². The highest BCUT2D eigenvalue weighted by atomic mass is 16.5. The monoisotopic (exact) mass is 479 g/mol. The number of carbonyl (C=O) groups is 2. The number of ether oxygens (including phenoxy) is 1. The van der Waals surface area contributed by atoms with Crippen molar-refractivity contribution in [2.45, 2.75) is 103 Å². The summed E-state index contributed by atoms with van der Waals surface area (Å²) in [5.74, 6) is 0.597. The Morgan fingerprint density at radius 1 is 0.686 bits per heavy atom. The van der Waals surface area contributed by atoms with Crippen molar-refractivity contribution in [1.82, 2.24) is 5.32 Å². The number of amides is 1. The maximum Gasteiger partial charge on any atom is 0.220 e. The smallest absolute Gasteiger partial charge is 0.220 e. The molecule has 0 spiro atoms. The van der Waals surface area contributed by atoms with Gasteiger partial charge in [-0.1, -0.05) is 114 Å². The molecule has 4 nitrogen and oxygen atoms in total. The summed E-state index contributed by atoms with van der Waals surface area (Å²) < 4.78 is 5.76. The summed E-state index contributed by atoms with van der Waals surface area (Å²) in [5.41, 5.74) is 1.68. The minimum Gasteiger partial charge on any atom is -0.489 e. The van der Waals surface area contributed by atoms with E-state index in [2.05, 4.69) is 12.2 Å². The number of rotatable bonds is 20. The van der Waals surface area contributed by atoms with Crippen molar-refractivity contribution in [3.63, 3.8) is 0 Å². The summed E-state index contributed by atoms with van der Waals surface area (Å²) in [6.45, 7) is 2.80. The third-order valence-electron chi connectivity index (χ3n) is 6.38. The number of ketones is 1. The number of unbranched alkanes of at least 4 members (excludes halogenated alkanes) is 12. The standard InChI is InChI=1S/C31H45NO3/c1-2-3-4-5-6-7-8-9-10-11-12-13-17-20-31(34)32-25-30(33)28-21-23-29(24-22-28)35-26-27-18-15-14-16-19-27/h14-16,18-19,21-24H,2-13,17,20,25-26H2,1H3,(H,32,34). The highest BCUT2D eigenvalue weighted by molar-refractivity contribution is 5.99. The normalized spacial score (nSPS) is 10.8.